The van der Waals surface area contributed by atoms with Crippen LogP contribution in [0.3, 0.4) is 0 Å². The first-order chi connectivity index (χ1) is 9.97. The zero-order chi connectivity index (χ0) is 15.4. The Bertz CT molecular complexity index is 675. The van der Waals surface area contributed by atoms with Crippen LogP contribution in [-0.4, -0.2) is 32.7 Å². The second-order valence-electron chi connectivity index (χ2n) is 4.31. The molecule has 0 fully saturated rings. The minimum Gasteiger partial charge on any atom is -0.336 e. The molecule has 1 aromatic carbocycles. The third kappa shape index (κ3) is 3.73. The van der Waals surface area contributed by atoms with E-state index in [9.17, 15) is 14.9 Å². The lowest BCUT2D eigenvalue weighted by Crippen LogP contribution is -2.27. The standard InChI is InChI=1S/C13H11ClN4O3/c1-17(13(19)11-6-16-12(14)7-15-11)8-9-3-2-4-10(5-9)18(20)21/h2-7H,8H2,1H3. The highest BCUT2D eigenvalue weighted by Gasteiger charge is 2.15. The summed E-state index contributed by atoms with van der Waals surface area (Å²) in [6.07, 6.45) is 2.57. The van der Waals surface area contributed by atoms with E-state index in [-0.39, 0.29) is 29.0 Å². The van der Waals surface area contributed by atoms with E-state index in [1.165, 1.54) is 29.4 Å². The van der Waals surface area contributed by atoms with Crippen molar-refractivity contribution < 1.29 is 9.72 Å². The second kappa shape index (κ2) is 6.27. The quantitative estimate of drug-likeness (QED) is 0.638. The Balaban J connectivity index is 2.12. The van der Waals surface area contributed by atoms with Gasteiger partial charge in [0.25, 0.3) is 11.6 Å². The highest BCUT2D eigenvalue weighted by molar-refractivity contribution is 6.29. The number of carbonyl (C=O) groups is 1. The summed E-state index contributed by atoms with van der Waals surface area (Å²) in [6.45, 7) is 0.227. The average Bonchev–Trinajstić information content (AvgIpc) is 2.47. The number of nitro groups is 1. The first kappa shape index (κ1) is 14.9. The molecular formula is C13H11ClN4O3. The fraction of sp³-hybridized carbons (Fsp3) is 0.154. The molecule has 0 saturated heterocycles. The van der Waals surface area contributed by atoms with Gasteiger partial charge in [-0.1, -0.05) is 23.7 Å². The molecule has 0 aliphatic carbocycles. The van der Waals surface area contributed by atoms with Crippen LogP contribution >= 0.6 is 11.6 Å². The fourth-order valence-corrected chi connectivity index (χ4v) is 1.83. The van der Waals surface area contributed by atoms with Crippen LogP contribution in [0.2, 0.25) is 5.15 Å². The molecule has 0 aliphatic heterocycles. The molecule has 2 aromatic rings. The number of carbonyl (C=O) groups excluding carboxylic acids is 1. The van der Waals surface area contributed by atoms with Crippen molar-refractivity contribution in [3.8, 4) is 0 Å². The fourth-order valence-electron chi connectivity index (χ4n) is 1.73. The molecule has 108 valence electrons. The normalized spacial score (nSPS) is 10.2. The van der Waals surface area contributed by atoms with E-state index in [4.69, 9.17) is 11.6 Å². The molecule has 0 unspecified atom stereocenters. The van der Waals surface area contributed by atoms with Crippen LogP contribution in [0.15, 0.2) is 36.7 Å². The van der Waals surface area contributed by atoms with Gasteiger partial charge in [-0.3, -0.25) is 14.9 Å². The van der Waals surface area contributed by atoms with E-state index in [1.807, 2.05) is 0 Å². The Morgan fingerprint density at radius 1 is 1.38 bits per heavy atom. The van der Waals surface area contributed by atoms with Crippen molar-refractivity contribution in [1.82, 2.24) is 14.9 Å². The highest BCUT2D eigenvalue weighted by Crippen LogP contribution is 2.15. The summed E-state index contributed by atoms with van der Waals surface area (Å²) in [7, 11) is 1.58. The Labute approximate surface area is 125 Å². The van der Waals surface area contributed by atoms with Crippen molar-refractivity contribution in [1.29, 1.82) is 0 Å². The first-order valence-electron chi connectivity index (χ1n) is 5.93. The van der Waals surface area contributed by atoms with E-state index in [0.717, 1.165) is 0 Å². The summed E-state index contributed by atoms with van der Waals surface area (Å²) < 4.78 is 0. The summed E-state index contributed by atoms with van der Waals surface area (Å²) >= 11 is 5.61. The van der Waals surface area contributed by atoms with Crippen molar-refractivity contribution in [2.45, 2.75) is 6.54 Å². The van der Waals surface area contributed by atoms with Crippen LogP contribution in [0.5, 0.6) is 0 Å². The van der Waals surface area contributed by atoms with E-state index in [1.54, 1.807) is 19.2 Å². The van der Waals surface area contributed by atoms with E-state index in [2.05, 4.69) is 9.97 Å². The SMILES string of the molecule is CN(Cc1cccc([N+](=O)[O-])c1)C(=O)c1cnc(Cl)cn1. The van der Waals surface area contributed by atoms with Gasteiger partial charge >= 0.3 is 0 Å². The van der Waals surface area contributed by atoms with E-state index >= 15 is 0 Å². The number of hydrogen-bond donors (Lipinski definition) is 0. The summed E-state index contributed by atoms with van der Waals surface area (Å²) in [4.78, 5) is 31.5. The number of nitro benzene ring substituents is 1. The Hall–Kier alpha value is -2.54. The number of rotatable bonds is 4. The molecule has 0 radical (unpaired) electrons. The van der Waals surface area contributed by atoms with Gasteiger partial charge in [0.15, 0.2) is 0 Å². The Morgan fingerprint density at radius 3 is 2.76 bits per heavy atom. The van der Waals surface area contributed by atoms with Crippen molar-refractivity contribution in [2.24, 2.45) is 0 Å². The average molecular weight is 307 g/mol. The monoisotopic (exact) mass is 306 g/mol. The van der Waals surface area contributed by atoms with E-state index < -0.39 is 4.92 Å². The molecule has 0 N–H and O–H groups in total. The molecule has 0 spiro atoms. The largest absolute Gasteiger partial charge is 0.336 e. The van der Waals surface area contributed by atoms with E-state index in [0.29, 0.717) is 5.56 Å². The van der Waals surface area contributed by atoms with Crippen LogP contribution in [0.4, 0.5) is 5.69 Å². The summed E-state index contributed by atoms with van der Waals surface area (Å²) in [5, 5.41) is 10.9. The van der Waals surface area contributed by atoms with Crippen LogP contribution < -0.4 is 0 Å². The van der Waals surface area contributed by atoms with Gasteiger partial charge in [-0.15, -0.1) is 0 Å². The number of nitrogens with zero attached hydrogens (tertiary/aromatic N) is 4. The van der Waals surface area contributed by atoms with Crippen molar-refractivity contribution >= 4 is 23.2 Å². The van der Waals surface area contributed by atoms with Crippen molar-refractivity contribution in [2.75, 3.05) is 7.05 Å². The second-order valence-corrected chi connectivity index (χ2v) is 4.70. The highest BCUT2D eigenvalue weighted by atomic mass is 35.5. The summed E-state index contributed by atoms with van der Waals surface area (Å²) in [6, 6.07) is 6.12. The molecule has 1 aromatic heterocycles. The van der Waals surface area contributed by atoms with Gasteiger partial charge in [-0.2, -0.15) is 0 Å². The Morgan fingerprint density at radius 2 is 2.14 bits per heavy atom. The third-order valence-corrected chi connectivity index (χ3v) is 2.92. The van der Waals surface area contributed by atoms with Crippen molar-refractivity contribution in [3.05, 3.63) is 63.2 Å². The number of benzene rings is 1. The van der Waals surface area contributed by atoms with Crippen LogP contribution in [-0.2, 0) is 6.54 Å². The summed E-state index contributed by atoms with van der Waals surface area (Å²) in [5.74, 6) is -0.342. The molecule has 0 aliphatic rings. The number of halogens is 1. The predicted octanol–water partition coefficient (Wildman–Crippen LogP) is 2.31. The maximum absolute atomic E-state index is 12.1. The van der Waals surface area contributed by atoms with Crippen molar-refractivity contribution in [3.63, 3.8) is 0 Å². The molecule has 2 rings (SSSR count). The lowest BCUT2D eigenvalue weighted by Gasteiger charge is -2.16. The van der Waals surface area contributed by atoms with Gasteiger partial charge in [0.05, 0.1) is 17.3 Å². The smallest absolute Gasteiger partial charge is 0.274 e. The maximum Gasteiger partial charge on any atom is 0.274 e. The number of aromatic nitrogens is 2. The number of amides is 1. The zero-order valence-corrected chi connectivity index (χ0v) is 11.8. The van der Waals surface area contributed by atoms with Gasteiger partial charge in [0.1, 0.15) is 10.8 Å². The molecule has 1 amide bonds. The van der Waals surface area contributed by atoms with Crippen LogP contribution in [0.1, 0.15) is 16.1 Å². The third-order valence-electron chi connectivity index (χ3n) is 2.73. The predicted molar refractivity (Wildman–Crippen MR) is 75.9 cm³/mol. The molecule has 0 atom stereocenters. The molecule has 0 saturated carbocycles. The van der Waals surface area contributed by atoms with Gasteiger partial charge < -0.3 is 4.90 Å². The van der Waals surface area contributed by atoms with Gasteiger partial charge in [-0.05, 0) is 5.56 Å². The number of non-ortho nitro benzene ring substituents is 1. The zero-order valence-electron chi connectivity index (χ0n) is 11.1. The minimum atomic E-state index is -0.476. The molecule has 1 heterocycles. The van der Waals surface area contributed by atoms with Gasteiger partial charge in [-0.25, -0.2) is 9.97 Å². The molecule has 0 bridgehead atoms. The number of hydrogen-bond acceptors (Lipinski definition) is 5. The lowest BCUT2D eigenvalue weighted by atomic mass is 10.2. The molecule has 21 heavy (non-hydrogen) atoms. The maximum atomic E-state index is 12.1. The minimum absolute atomic E-state index is 0.0142. The molecule has 7 nitrogen and oxygen atoms in total. The lowest BCUT2D eigenvalue weighted by molar-refractivity contribution is -0.384. The molecular weight excluding hydrogens is 296 g/mol. The molecule has 8 heteroatoms. The topological polar surface area (TPSA) is 89.2 Å². The Kier molecular flexibility index (Phi) is 4.44. The van der Waals surface area contributed by atoms with Gasteiger partial charge in [0.2, 0.25) is 0 Å². The van der Waals surface area contributed by atoms with Crippen LogP contribution in [0.25, 0.3) is 0 Å². The summed E-state index contributed by atoms with van der Waals surface area (Å²) in [5.41, 5.74) is 0.800. The van der Waals surface area contributed by atoms with Crippen LogP contribution in [0, 0.1) is 10.1 Å². The first-order valence-corrected chi connectivity index (χ1v) is 6.31. The van der Waals surface area contributed by atoms with Gasteiger partial charge in [0, 0.05) is 25.7 Å².